The Kier molecular flexibility index (Phi) is 12.4. The largest absolute Gasteiger partial charge is 0.467 e. The number of rotatable bonds is 13. The number of amides is 3. The molecule has 0 aromatic heterocycles. The first kappa shape index (κ1) is 33.9. The van der Waals surface area contributed by atoms with Crippen molar-refractivity contribution in [2.45, 2.75) is 70.1 Å². The van der Waals surface area contributed by atoms with Crippen LogP contribution in [-0.2, 0) is 23.8 Å². The third-order valence-electron chi connectivity index (χ3n) is 6.81. The first-order valence-corrected chi connectivity index (χ1v) is 15.3. The minimum Gasteiger partial charge on any atom is -0.467 e. The Balaban J connectivity index is 1.65. The van der Waals surface area contributed by atoms with Crippen molar-refractivity contribution in [3.8, 4) is 11.1 Å². The second-order valence-electron chi connectivity index (χ2n) is 11.2. The highest BCUT2D eigenvalue weighted by atomic mass is 127. The van der Waals surface area contributed by atoms with Gasteiger partial charge in [-0.3, -0.25) is 4.79 Å². The summed E-state index contributed by atoms with van der Waals surface area (Å²) in [6.07, 6.45) is 1.64. The molecule has 0 aliphatic heterocycles. The third kappa shape index (κ3) is 9.70. The van der Waals surface area contributed by atoms with Crippen LogP contribution in [0.25, 0.3) is 11.1 Å². The van der Waals surface area contributed by atoms with Gasteiger partial charge in [0.15, 0.2) is 0 Å². The number of fused-ring (bicyclic) bond motifs is 3. The van der Waals surface area contributed by atoms with Crippen LogP contribution in [0.4, 0.5) is 9.59 Å². The van der Waals surface area contributed by atoms with Gasteiger partial charge in [0.2, 0.25) is 5.91 Å². The fourth-order valence-electron chi connectivity index (χ4n) is 4.89. The highest BCUT2D eigenvalue weighted by Gasteiger charge is 2.32. The van der Waals surface area contributed by atoms with Crippen molar-refractivity contribution in [2.24, 2.45) is 0 Å². The summed E-state index contributed by atoms with van der Waals surface area (Å²) < 4.78 is 16.8. The smallest absolute Gasteiger partial charge is 0.407 e. The van der Waals surface area contributed by atoms with Crippen LogP contribution in [0.3, 0.4) is 0 Å². The molecule has 1 aliphatic rings. The number of methoxy groups -OCH3 is 1. The molecule has 0 spiro atoms. The molecule has 3 amide bonds. The predicted octanol–water partition coefficient (Wildman–Crippen LogP) is 5.43. The minimum absolute atomic E-state index is 0.0886. The van der Waals surface area contributed by atoms with Crippen LogP contribution in [0, 0.1) is 3.57 Å². The van der Waals surface area contributed by atoms with Crippen molar-refractivity contribution in [1.82, 2.24) is 16.0 Å². The Morgan fingerprint density at radius 1 is 0.977 bits per heavy atom. The Labute approximate surface area is 266 Å². The van der Waals surface area contributed by atoms with Crippen molar-refractivity contribution in [1.29, 1.82) is 0 Å². The number of hydrogen-bond acceptors (Lipinski definition) is 7. The average molecular weight is 706 g/mol. The third-order valence-corrected chi connectivity index (χ3v) is 7.75. The topological polar surface area (TPSA) is 132 Å². The fraction of sp³-hybridized carbons (Fsp3) is 0.438. The van der Waals surface area contributed by atoms with Gasteiger partial charge in [-0.05, 0) is 97.4 Å². The van der Waals surface area contributed by atoms with E-state index in [0.717, 1.165) is 25.8 Å². The van der Waals surface area contributed by atoms with Crippen molar-refractivity contribution < 1.29 is 33.4 Å². The minimum atomic E-state index is -0.991. The molecule has 1 aliphatic carbocycles. The number of carbonyl (C=O) groups is 4. The zero-order valence-corrected chi connectivity index (χ0v) is 27.2. The second-order valence-corrected chi connectivity index (χ2v) is 12.3. The fourth-order valence-corrected chi connectivity index (χ4v) is 5.76. The summed E-state index contributed by atoms with van der Waals surface area (Å²) in [5, 5.41) is 8.00. The summed E-state index contributed by atoms with van der Waals surface area (Å²) in [6.45, 7) is 9.38. The highest BCUT2D eigenvalue weighted by molar-refractivity contribution is 14.1. The van der Waals surface area contributed by atoms with Crippen LogP contribution in [-0.4, -0.2) is 62.0 Å². The van der Waals surface area contributed by atoms with Crippen molar-refractivity contribution in [3.05, 3.63) is 69.8 Å². The zero-order valence-electron chi connectivity index (χ0n) is 25.0. The monoisotopic (exact) mass is 705 g/mol. The lowest BCUT2D eigenvalue weighted by atomic mass is 9.98. The molecule has 1 unspecified atom stereocenters. The van der Waals surface area contributed by atoms with Gasteiger partial charge in [-0.15, -0.1) is 6.58 Å². The van der Waals surface area contributed by atoms with E-state index in [-0.39, 0.29) is 25.4 Å². The first-order valence-electron chi connectivity index (χ1n) is 14.2. The lowest BCUT2D eigenvalue weighted by molar-refractivity contribution is -0.145. The van der Waals surface area contributed by atoms with E-state index in [1.54, 1.807) is 20.8 Å². The van der Waals surface area contributed by atoms with Crippen molar-refractivity contribution in [3.63, 3.8) is 0 Å². The molecule has 2 aromatic carbocycles. The maximum absolute atomic E-state index is 13.2. The maximum atomic E-state index is 13.2. The van der Waals surface area contributed by atoms with Gasteiger partial charge in [0, 0.05) is 16.0 Å². The number of carbonyl (C=O) groups excluding carboxylic acids is 4. The van der Waals surface area contributed by atoms with Crippen LogP contribution >= 0.6 is 22.6 Å². The molecule has 0 saturated heterocycles. The average Bonchev–Trinajstić information content (AvgIpc) is 3.28. The van der Waals surface area contributed by atoms with E-state index < -0.39 is 41.7 Å². The molecule has 3 rings (SSSR count). The second kappa shape index (κ2) is 15.7. The molecule has 3 N–H and O–H groups in total. The molecule has 10 nitrogen and oxygen atoms in total. The number of benzene rings is 2. The molecule has 232 valence electrons. The Morgan fingerprint density at radius 3 is 2.40 bits per heavy atom. The Morgan fingerprint density at radius 2 is 1.70 bits per heavy atom. The van der Waals surface area contributed by atoms with Crippen LogP contribution in [0.5, 0.6) is 0 Å². The van der Waals surface area contributed by atoms with Gasteiger partial charge in [0.25, 0.3) is 0 Å². The molecule has 0 radical (unpaired) electrons. The van der Waals surface area contributed by atoms with Gasteiger partial charge in [-0.25, -0.2) is 14.4 Å². The molecular formula is C32H40IN3O7. The Hall–Kier alpha value is -3.61. The normalized spacial score (nSPS) is 14.8. The molecule has 0 fully saturated rings. The maximum Gasteiger partial charge on any atom is 0.407 e. The molecule has 0 saturated carbocycles. The Bertz CT molecular complexity index is 1320. The summed E-state index contributed by atoms with van der Waals surface area (Å²) in [5.74, 6) is -1.32. The number of halogens is 1. The van der Waals surface area contributed by atoms with Gasteiger partial charge in [-0.1, -0.05) is 42.5 Å². The number of alkyl carbamates (subject to hydrolysis) is 2. The van der Waals surface area contributed by atoms with Crippen LogP contribution < -0.4 is 16.0 Å². The van der Waals surface area contributed by atoms with Gasteiger partial charge in [0.05, 0.1) is 7.11 Å². The van der Waals surface area contributed by atoms with E-state index in [2.05, 4.69) is 57.3 Å². The molecule has 0 bridgehead atoms. The summed E-state index contributed by atoms with van der Waals surface area (Å²) in [4.78, 5) is 50.4. The standard InChI is InChI=1S/C32H40IN3O7/c1-6-12-26(29(38)41-5)35-28(37)25(17-9-10-18-34-30(39)43-32(2,3)4)36-31(40)42-19-23-21-14-8-7-13-20(21)22-15-11-16-24(33)27(22)23/h6-8,11,13-16,23,25-26H,1,9-10,12,17-19H2,2-5H3,(H,34,39)(H,35,37)(H,36,40)/t23?,25-,26-/m0/s1. The van der Waals surface area contributed by atoms with E-state index >= 15 is 0 Å². The van der Waals surface area contributed by atoms with Crippen LogP contribution in [0.1, 0.15) is 63.5 Å². The van der Waals surface area contributed by atoms with Crippen molar-refractivity contribution >= 4 is 46.7 Å². The lowest BCUT2D eigenvalue weighted by Crippen LogP contribution is -2.52. The predicted molar refractivity (Wildman–Crippen MR) is 172 cm³/mol. The number of esters is 1. The molecule has 3 atom stereocenters. The summed E-state index contributed by atoms with van der Waals surface area (Å²) in [7, 11) is 1.23. The van der Waals surface area contributed by atoms with Gasteiger partial charge in [-0.2, -0.15) is 0 Å². The van der Waals surface area contributed by atoms with E-state index in [1.807, 2.05) is 30.3 Å². The van der Waals surface area contributed by atoms with Gasteiger partial charge < -0.3 is 30.2 Å². The highest BCUT2D eigenvalue weighted by Crippen LogP contribution is 2.46. The van der Waals surface area contributed by atoms with E-state index in [4.69, 9.17) is 14.2 Å². The quantitative estimate of drug-likeness (QED) is 0.0834. The van der Waals surface area contributed by atoms with Gasteiger partial charge in [0.1, 0.15) is 24.3 Å². The molecule has 43 heavy (non-hydrogen) atoms. The molecular weight excluding hydrogens is 665 g/mol. The number of nitrogens with one attached hydrogen (secondary N) is 3. The number of unbranched alkanes of at least 4 members (excludes halogenated alkanes) is 1. The van der Waals surface area contributed by atoms with Crippen LogP contribution in [0.2, 0.25) is 0 Å². The summed E-state index contributed by atoms with van der Waals surface area (Å²) in [6, 6.07) is 12.2. The van der Waals surface area contributed by atoms with E-state index in [0.29, 0.717) is 19.4 Å². The lowest BCUT2D eigenvalue weighted by Gasteiger charge is -2.22. The first-order chi connectivity index (χ1) is 20.4. The number of hydrogen-bond donors (Lipinski definition) is 3. The van der Waals surface area contributed by atoms with E-state index in [9.17, 15) is 19.2 Å². The van der Waals surface area contributed by atoms with E-state index in [1.165, 1.54) is 13.2 Å². The van der Waals surface area contributed by atoms with Crippen LogP contribution in [0.15, 0.2) is 55.1 Å². The summed E-state index contributed by atoms with van der Waals surface area (Å²) >= 11 is 2.30. The SMILES string of the molecule is C=CC[C@H](NC(=O)[C@H](CCCCNC(=O)OC(C)(C)C)NC(=O)OCC1c2ccccc2-c2cccc(I)c21)C(=O)OC. The molecule has 0 heterocycles. The van der Waals surface area contributed by atoms with Crippen molar-refractivity contribution in [2.75, 3.05) is 20.3 Å². The number of ether oxygens (including phenoxy) is 3. The summed E-state index contributed by atoms with van der Waals surface area (Å²) in [5.41, 5.74) is 3.80. The van der Waals surface area contributed by atoms with Gasteiger partial charge >= 0.3 is 18.2 Å². The zero-order chi connectivity index (χ0) is 31.6. The molecule has 2 aromatic rings. The molecule has 11 heteroatoms.